The zero-order chi connectivity index (χ0) is 22.3. The number of allylic oxidation sites excluding steroid dienone is 10. The van der Waals surface area contributed by atoms with Crippen molar-refractivity contribution in [3.63, 3.8) is 0 Å². The van der Waals surface area contributed by atoms with Crippen LogP contribution in [0.1, 0.15) is 71.1 Å². The van der Waals surface area contributed by atoms with Crippen LogP contribution in [-0.2, 0) is 9.59 Å². The third-order valence-corrected chi connectivity index (χ3v) is 4.61. The molecule has 0 aliphatic rings. The van der Waals surface area contributed by atoms with Gasteiger partial charge in [-0.1, -0.05) is 74.1 Å². The van der Waals surface area contributed by atoms with E-state index in [-0.39, 0.29) is 11.7 Å². The average Bonchev–Trinajstić information content (AvgIpc) is 2.73. The van der Waals surface area contributed by atoms with Gasteiger partial charge in [0, 0.05) is 12.2 Å². The van der Waals surface area contributed by atoms with Crippen molar-refractivity contribution >= 4 is 24.5 Å². The molecule has 0 saturated carbocycles. The Morgan fingerprint density at radius 1 is 0.800 bits per heavy atom. The van der Waals surface area contributed by atoms with E-state index in [1.165, 1.54) is 0 Å². The van der Waals surface area contributed by atoms with Crippen LogP contribution in [0.4, 0.5) is 0 Å². The van der Waals surface area contributed by atoms with E-state index in [1.807, 2.05) is 0 Å². The lowest BCUT2D eigenvalue weighted by Gasteiger charge is -2.11. The van der Waals surface area contributed by atoms with Crippen LogP contribution in [0.25, 0.3) is 0 Å². The van der Waals surface area contributed by atoms with Crippen molar-refractivity contribution in [1.29, 1.82) is 0 Å². The number of unbranched alkanes of at least 4 members (excludes halogenated alkanes) is 3. The van der Waals surface area contributed by atoms with E-state index in [9.17, 15) is 9.59 Å². The molecule has 0 aromatic rings. The molecular formula is C25H39NO3S. The number of hydrogen-bond acceptors (Lipinski definition) is 3. The summed E-state index contributed by atoms with van der Waals surface area (Å²) in [5.41, 5.74) is 0. The fourth-order valence-electron chi connectivity index (χ4n) is 2.55. The highest BCUT2D eigenvalue weighted by Crippen LogP contribution is 2.05. The minimum absolute atomic E-state index is 0.102. The molecule has 0 saturated heterocycles. The predicted octanol–water partition coefficient (Wildman–Crippen LogP) is 6.19. The third kappa shape index (κ3) is 19.3. The Bertz CT molecular complexity index is 591. The van der Waals surface area contributed by atoms with Crippen LogP contribution in [0.15, 0.2) is 60.8 Å². The third-order valence-electron chi connectivity index (χ3n) is 4.25. The zero-order valence-electron chi connectivity index (χ0n) is 18.3. The summed E-state index contributed by atoms with van der Waals surface area (Å²) < 4.78 is 0. The Balaban J connectivity index is 3.58. The SMILES string of the molecule is CC/C=C\C/C=C\C/C=C\C/C=C\C/C=C\CCCCCC(=O)N[C@@H](CS)C(=O)O. The monoisotopic (exact) mass is 433 g/mol. The molecule has 1 atom stereocenters. The topological polar surface area (TPSA) is 66.4 Å². The maximum absolute atomic E-state index is 11.7. The summed E-state index contributed by atoms with van der Waals surface area (Å²) in [5, 5.41) is 11.4. The van der Waals surface area contributed by atoms with Crippen molar-refractivity contribution in [2.24, 2.45) is 0 Å². The van der Waals surface area contributed by atoms with Crippen LogP contribution in [-0.4, -0.2) is 28.8 Å². The number of carbonyl (C=O) groups is 2. The van der Waals surface area contributed by atoms with E-state index >= 15 is 0 Å². The Hall–Kier alpha value is -2.01. The molecule has 0 bridgehead atoms. The van der Waals surface area contributed by atoms with Gasteiger partial charge in [0.25, 0.3) is 0 Å². The zero-order valence-corrected chi connectivity index (χ0v) is 19.2. The first-order valence-electron chi connectivity index (χ1n) is 11.0. The first-order chi connectivity index (χ1) is 14.6. The van der Waals surface area contributed by atoms with E-state index in [1.54, 1.807) is 0 Å². The van der Waals surface area contributed by atoms with Crippen molar-refractivity contribution in [2.45, 2.75) is 77.2 Å². The lowest BCUT2D eigenvalue weighted by atomic mass is 10.1. The molecule has 168 valence electrons. The number of thiol groups is 1. The summed E-state index contributed by atoms with van der Waals surface area (Å²) in [6, 6.07) is -0.901. The van der Waals surface area contributed by atoms with Crippen LogP contribution in [0.5, 0.6) is 0 Å². The van der Waals surface area contributed by atoms with Gasteiger partial charge in [-0.25, -0.2) is 4.79 Å². The number of aliphatic carboxylic acids is 1. The second-order valence-electron chi connectivity index (χ2n) is 6.95. The van der Waals surface area contributed by atoms with Gasteiger partial charge in [0.2, 0.25) is 5.91 Å². The largest absolute Gasteiger partial charge is 0.480 e. The maximum Gasteiger partial charge on any atom is 0.327 e. The number of nitrogens with one attached hydrogen (secondary N) is 1. The molecule has 0 spiro atoms. The quantitative estimate of drug-likeness (QED) is 0.137. The van der Waals surface area contributed by atoms with E-state index in [2.05, 4.69) is 85.6 Å². The van der Waals surface area contributed by atoms with Crippen LogP contribution in [0, 0.1) is 0 Å². The molecule has 0 fully saturated rings. The second kappa shape index (κ2) is 21.7. The van der Waals surface area contributed by atoms with E-state index in [4.69, 9.17) is 5.11 Å². The fourth-order valence-corrected chi connectivity index (χ4v) is 2.79. The first kappa shape index (κ1) is 28.0. The molecule has 5 heteroatoms. The minimum atomic E-state index is -1.04. The van der Waals surface area contributed by atoms with E-state index in [0.29, 0.717) is 6.42 Å². The molecule has 2 N–H and O–H groups in total. The summed E-state index contributed by atoms with van der Waals surface area (Å²) in [6.07, 6.45) is 31.0. The highest BCUT2D eigenvalue weighted by Gasteiger charge is 2.17. The summed E-state index contributed by atoms with van der Waals surface area (Å²) in [7, 11) is 0. The smallest absolute Gasteiger partial charge is 0.327 e. The van der Waals surface area contributed by atoms with Crippen LogP contribution in [0.2, 0.25) is 0 Å². The summed E-state index contributed by atoms with van der Waals surface area (Å²) in [5.74, 6) is -1.16. The lowest BCUT2D eigenvalue weighted by Crippen LogP contribution is -2.42. The number of rotatable bonds is 18. The maximum atomic E-state index is 11.7. The number of hydrogen-bond donors (Lipinski definition) is 3. The Morgan fingerprint density at radius 3 is 1.77 bits per heavy atom. The molecule has 0 aliphatic heterocycles. The van der Waals surface area contributed by atoms with Gasteiger partial charge in [-0.05, 0) is 51.4 Å². The van der Waals surface area contributed by atoms with Crippen molar-refractivity contribution < 1.29 is 14.7 Å². The van der Waals surface area contributed by atoms with Crippen LogP contribution in [0.3, 0.4) is 0 Å². The molecule has 0 unspecified atom stereocenters. The Kier molecular flexibility index (Phi) is 20.2. The lowest BCUT2D eigenvalue weighted by molar-refractivity contribution is -0.141. The first-order valence-corrected chi connectivity index (χ1v) is 11.6. The average molecular weight is 434 g/mol. The van der Waals surface area contributed by atoms with Crippen molar-refractivity contribution in [2.75, 3.05) is 5.75 Å². The van der Waals surface area contributed by atoms with Crippen LogP contribution >= 0.6 is 12.6 Å². The highest BCUT2D eigenvalue weighted by atomic mass is 32.1. The predicted molar refractivity (Wildman–Crippen MR) is 131 cm³/mol. The molecule has 1 amide bonds. The van der Waals surface area contributed by atoms with Gasteiger partial charge in [0.1, 0.15) is 6.04 Å². The molecular weight excluding hydrogens is 394 g/mol. The van der Waals surface area contributed by atoms with Gasteiger partial charge in [0.05, 0.1) is 0 Å². The summed E-state index contributed by atoms with van der Waals surface area (Å²) in [4.78, 5) is 22.5. The van der Waals surface area contributed by atoms with Crippen molar-refractivity contribution in [3.05, 3.63) is 60.8 Å². The molecule has 0 radical (unpaired) electrons. The number of amides is 1. The molecule has 0 heterocycles. The second-order valence-corrected chi connectivity index (χ2v) is 7.31. The van der Waals surface area contributed by atoms with Gasteiger partial charge in [-0.3, -0.25) is 4.79 Å². The van der Waals surface area contributed by atoms with Gasteiger partial charge in [-0.2, -0.15) is 12.6 Å². The summed E-state index contributed by atoms with van der Waals surface area (Å²) in [6.45, 7) is 2.14. The number of carboxylic acids is 1. The molecule has 0 rings (SSSR count). The van der Waals surface area contributed by atoms with Gasteiger partial charge in [-0.15, -0.1) is 0 Å². The van der Waals surface area contributed by atoms with E-state index in [0.717, 1.165) is 57.8 Å². The van der Waals surface area contributed by atoms with Crippen molar-refractivity contribution in [1.82, 2.24) is 5.32 Å². The van der Waals surface area contributed by atoms with Gasteiger partial charge in [0.15, 0.2) is 0 Å². The molecule has 0 aromatic heterocycles. The van der Waals surface area contributed by atoms with Gasteiger partial charge < -0.3 is 10.4 Å². The van der Waals surface area contributed by atoms with Crippen molar-refractivity contribution in [3.8, 4) is 0 Å². The molecule has 0 aliphatic carbocycles. The molecule has 30 heavy (non-hydrogen) atoms. The molecule has 0 aromatic carbocycles. The van der Waals surface area contributed by atoms with E-state index < -0.39 is 12.0 Å². The highest BCUT2D eigenvalue weighted by molar-refractivity contribution is 7.80. The summed E-state index contributed by atoms with van der Waals surface area (Å²) >= 11 is 3.93. The van der Waals surface area contributed by atoms with Gasteiger partial charge >= 0.3 is 5.97 Å². The number of carboxylic acid groups (broad SMARTS) is 1. The standard InChI is InChI=1S/C25H39NO3S/c1-2-3-4-5-6-7-8-9-10-11-12-13-14-15-16-17-18-19-20-21-24(27)26-23(22-30)25(28)29/h3-4,6-7,9-10,12-13,15-16,23,30H,2,5,8,11,14,17-22H2,1H3,(H,26,27)(H,28,29)/b4-3-,7-6-,10-9-,13-12-,16-15-/t23-/m0/s1. The Morgan fingerprint density at radius 2 is 1.30 bits per heavy atom. The normalized spacial score (nSPS) is 13.4. The van der Waals surface area contributed by atoms with Crippen LogP contribution < -0.4 is 5.32 Å². The number of carbonyl (C=O) groups excluding carboxylic acids is 1. The minimum Gasteiger partial charge on any atom is -0.480 e. The Labute approximate surface area is 188 Å². The molecule has 4 nitrogen and oxygen atoms in total. The fraction of sp³-hybridized carbons (Fsp3) is 0.520.